The molecule has 0 bridgehead atoms. The molecule has 0 radical (unpaired) electrons. The Balaban J connectivity index is 1.48. The van der Waals surface area contributed by atoms with Gasteiger partial charge >= 0.3 is 0 Å². The minimum absolute atomic E-state index is 0.0277. The van der Waals surface area contributed by atoms with Gasteiger partial charge in [-0.3, -0.25) is 20.2 Å². The van der Waals surface area contributed by atoms with Crippen LogP contribution in [0.25, 0.3) is 21.5 Å². The molecule has 0 N–H and O–H groups in total. The first-order chi connectivity index (χ1) is 24.0. The fraction of sp³-hybridized carbons (Fsp3) is 0.350. The summed E-state index contributed by atoms with van der Waals surface area (Å²) in [5, 5.41) is 27.4. The second-order valence-electron chi connectivity index (χ2n) is 13.2. The molecule has 0 amide bonds. The number of hydrogen-bond acceptors (Lipinski definition) is 8. The Bertz CT molecular complexity index is 2090. The van der Waals surface area contributed by atoms with Crippen LogP contribution in [0.2, 0.25) is 0 Å². The molecule has 10 heteroatoms. The topological polar surface area (TPSA) is 123 Å². The number of ether oxygens (including phenoxy) is 4. The van der Waals surface area contributed by atoms with Gasteiger partial charge in [-0.1, -0.05) is 44.2 Å². The Hall–Kier alpha value is -5.06. The SMILES string of the molecule is COC(Oc1ccc([N+](=O)[O-])c(C)c1)C(C)c1cccc2c1c(C(C)C(OC)Oc1ccc([N+](=O)[O-])c(C)c1)cc1c3c(ccc12)CCCC3. The van der Waals surface area contributed by atoms with Gasteiger partial charge in [-0.15, -0.1) is 0 Å². The van der Waals surface area contributed by atoms with Crippen molar-refractivity contribution in [2.45, 2.75) is 77.8 Å². The van der Waals surface area contributed by atoms with Gasteiger partial charge in [0.2, 0.25) is 12.6 Å². The smallest absolute Gasteiger partial charge is 0.272 e. The van der Waals surface area contributed by atoms with E-state index in [-0.39, 0.29) is 23.2 Å². The van der Waals surface area contributed by atoms with Crippen LogP contribution >= 0.6 is 0 Å². The van der Waals surface area contributed by atoms with Gasteiger partial charge in [0, 0.05) is 49.3 Å². The van der Waals surface area contributed by atoms with Crippen molar-refractivity contribution in [2.75, 3.05) is 14.2 Å². The molecule has 10 nitrogen and oxygen atoms in total. The fourth-order valence-corrected chi connectivity index (χ4v) is 7.42. The normalized spacial score (nSPS) is 15.2. The highest BCUT2D eigenvalue weighted by Gasteiger charge is 2.30. The summed E-state index contributed by atoms with van der Waals surface area (Å²) in [5.41, 5.74) is 5.88. The van der Waals surface area contributed by atoms with E-state index in [9.17, 15) is 20.2 Å². The first kappa shape index (κ1) is 34.8. The van der Waals surface area contributed by atoms with Gasteiger partial charge in [-0.05, 0) is 114 Å². The molecule has 0 saturated carbocycles. The molecule has 1 aliphatic carbocycles. The van der Waals surface area contributed by atoms with E-state index < -0.39 is 22.4 Å². The minimum atomic E-state index is -0.711. The van der Waals surface area contributed by atoms with Crippen molar-refractivity contribution in [3.63, 3.8) is 0 Å². The van der Waals surface area contributed by atoms with Crippen molar-refractivity contribution in [2.24, 2.45) is 0 Å². The molecule has 1 aliphatic rings. The fourth-order valence-electron chi connectivity index (χ4n) is 7.42. The Kier molecular flexibility index (Phi) is 10.0. The maximum Gasteiger partial charge on any atom is 0.272 e. The molecule has 0 aromatic heterocycles. The number of hydrogen-bond donors (Lipinski definition) is 0. The molecular weight excluding hydrogens is 636 g/mol. The lowest BCUT2D eigenvalue weighted by molar-refractivity contribution is -0.385. The molecule has 0 heterocycles. The number of methoxy groups -OCH3 is 2. The van der Waals surface area contributed by atoms with Crippen molar-refractivity contribution < 1.29 is 28.8 Å². The maximum absolute atomic E-state index is 11.4. The van der Waals surface area contributed by atoms with Gasteiger partial charge in [0.1, 0.15) is 11.5 Å². The molecule has 0 aliphatic heterocycles. The molecule has 4 atom stereocenters. The van der Waals surface area contributed by atoms with Crippen LogP contribution in [0.3, 0.4) is 0 Å². The van der Waals surface area contributed by atoms with Crippen LogP contribution in [-0.4, -0.2) is 36.6 Å². The highest BCUT2D eigenvalue weighted by Crippen LogP contribution is 2.43. The van der Waals surface area contributed by atoms with Gasteiger partial charge < -0.3 is 18.9 Å². The molecule has 260 valence electrons. The van der Waals surface area contributed by atoms with Crippen molar-refractivity contribution >= 4 is 32.9 Å². The summed E-state index contributed by atoms with van der Waals surface area (Å²) in [5.74, 6) is 0.423. The van der Waals surface area contributed by atoms with Gasteiger partial charge in [0.05, 0.1) is 9.85 Å². The van der Waals surface area contributed by atoms with Crippen molar-refractivity contribution in [1.82, 2.24) is 0 Å². The molecule has 0 spiro atoms. The average molecular weight is 679 g/mol. The molecule has 50 heavy (non-hydrogen) atoms. The van der Waals surface area contributed by atoms with E-state index in [0.717, 1.165) is 41.2 Å². The van der Waals surface area contributed by atoms with Crippen LogP contribution in [0.5, 0.6) is 11.5 Å². The predicted molar refractivity (Wildman–Crippen MR) is 193 cm³/mol. The number of nitrogens with zero attached hydrogens (tertiary/aromatic N) is 2. The molecule has 6 rings (SSSR count). The molecule has 5 aromatic rings. The quantitative estimate of drug-likeness (QED) is 0.0553. The third-order valence-electron chi connectivity index (χ3n) is 10.0. The molecule has 4 unspecified atom stereocenters. The second kappa shape index (κ2) is 14.4. The number of nitro benzene ring substituents is 2. The number of fused-ring (bicyclic) bond motifs is 5. The summed E-state index contributed by atoms with van der Waals surface area (Å²) in [4.78, 5) is 22.0. The zero-order valence-electron chi connectivity index (χ0n) is 29.2. The monoisotopic (exact) mass is 678 g/mol. The number of aryl methyl sites for hydroxylation is 4. The van der Waals surface area contributed by atoms with E-state index in [2.05, 4.69) is 50.2 Å². The minimum Gasteiger partial charge on any atom is -0.464 e. The Morgan fingerprint density at radius 1 is 0.640 bits per heavy atom. The summed E-state index contributed by atoms with van der Waals surface area (Å²) in [6, 6.07) is 22.5. The molecule has 0 fully saturated rings. The van der Waals surface area contributed by atoms with Crippen LogP contribution < -0.4 is 9.47 Å². The maximum atomic E-state index is 11.4. The molecular formula is C40H42N2O8. The van der Waals surface area contributed by atoms with Crippen LogP contribution in [-0.2, 0) is 22.3 Å². The van der Waals surface area contributed by atoms with Gasteiger partial charge in [-0.25, -0.2) is 0 Å². The van der Waals surface area contributed by atoms with Gasteiger partial charge in [-0.2, -0.15) is 0 Å². The van der Waals surface area contributed by atoms with Crippen molar-refractivity contribution in [3.05, 3.63) is 126 Å². The highest BCUT2D eigenvalue weighted by atomic mass is 16.7. The van der Waals surface area contributed by atoms with E-state index in [0.29, 0.717) is 22.6 Å². The van der Waals surface area contributed by atoms with E-state index >= 15 is 0 Å². The van der Waals surface area contributed by atoms with Crippen LogP contribution in [0.15, 0.2) is 72.8 Å². The first-order valence-corrected chi connectivity index (χ1v) is 16.9. The number of benzene rings is 5. The Morgan fingerprint density at radius 2 is 1.20 bits per heavy atom. The van der Waals surface area contributed by atoms with Gasteiger partial charge in [0.15, 0.2) is 0 Å². The van der Waals surface area contributed by atoms with Crippen LogP contribution in [0.1, 0.15) is 71.9 Å². The number of rotatable bonds is 12. The zero-order chi connectivity index (χ0) is 35.7. The second-order valence-corrected chi connectivity index (χ2v) is 13.2. The lowest BCUT2D eigenvalue weighted by Gasteiger charge is -2.30. The lowest BCUT2D eigenvalue weighted by Crippen LogP contribution is -2.27. The first-order valence-electron chi connectivity index (χ1n) is 16.9. The van der Waals surface area contributed by atoms with Crippen LogP contribution in [0.4, 0.5) is 11.4 Å². The molecule has 5 aromatic carbocycles. The summed E-state index contributed by atoms with van der Waals surface area (Å²) in [7, 11) is 3.20. The summed E-state index contributed by atoms with van der Waals surface area (Å²) < 4.78 is 24.7. The van der Waals surface area contributed by atoms with Crippen LogP contribution in [0, 0.1) is 34.1 Å². The summed E-state index contributed by atoms with van der Waals surface area (Å²) >= 11 is 0. The van der Waals surface area contributed by atoms with Crippen molar-refractivity contribution in [3.8, 4) is 11.5 Å². The third kappa shape index (κ3) is 6.60. The predicted octanol–water partition coefficient (Wildman–Crippen LogP) is 9.62. The van der Waals surface area contributed by atoms with E-state index in [1.54, 1.807) is 52.3 Å². The average Bonchev–Trinajstić information content (AvgIpc) is 3.11. The van der Waals surface area contributed by atoms with Gasteiger partial charge in [0.25, 0.3) is 11.4 Å². The largest absolute Gasteiger partial charge is 0.464 e. The summed E-state index contributed by atoms with van der Waals surface area (Å²) in [6.07, 6.45) is 2.98. The third-order valence-corrected chi connectivity index (χ3v) is 10.0. The lowest BCUT2D eigenvalue weighted by atomic mass is 9.81. The Morgan fingerprint density at radius 3 is 1.74 bits per heavy atom. The Labute approximate surface area is 291 Å². The van der Waals surface area contributed by atoms with Crippen molar-refractivity contribution in [1.29, 1.82) is 0 Å². The summed E-state index contributed by atoms with van der Waals surface area (Å²) in [6.45, 7) is 7.51. The van der Waals surface area contributed by atoms with E-state index in [4.69, 9.17) is 18.9 Å². The zero-order valence-corrected chi connectivity index (χ0v) is 29.2. The molecule has 0 saturated heterocycles. The van der Waals surface area contributed by atoms with E-state index in [1.165, 1.54) is 40.5 Å². The number of nitro groups is 2. The highest BCUT2D eigenvalue weighted by molar-refractivity contribution is 6.11. The standard InChI is InChI=1S/C40H42N2O8/c1-23-20-28(15-18-36(23)41(43)44)49-39(47-5)25(3)30-12-9-13-33-32-17-14-27-10-7-8-11-31(27)35(32)22-34(38(30)33)26(4)40(48-6)50-29-16-19-37(42(45)46)24(2)21-29/h9,12-22,25-26,39-40H,7-8,10-11H2,1-6H3. The van der Waals surface area contributed by atoms with E-state index in [1.807, 2.05) is 0 Å².